The zero-order valence-electron chi connectivity index (χ0n) is 22.2. The molecule has 0 saturated carbocycles. The molecule has 0 radical (unpaired) electrons. The Morgan fingerprint density at radius 2 is 1.77 bits per heavy atom. The molecule has 1 saturated heterocycles. The second-order valence-electron chi connectivity index (χ2n) is 11.0. The fourth-order valence-corrected chi connectivity index (χ4v) is 5.41. The van der Waals surface area contributed by atoms with Crippen molar-refractivity contribution in [3.8, 4) is 0 Å². The molecular weight excluding hydrogens is 517 g/mol. The SMILES string of the molecule is C[C@@H]1Cc2c([nH]c3ccc(F)cc23)CN1CC(C)(F)CO.OC(c1cc(F)cc(F)c1)C1CN(CCCF)C1. The number of alkyl halides is 2. The van der Waals surface area contributed by atoms with E-state index < -0.39 is 30.0 Å². The van der Waals surface area contributed by atoms with E-state index in [0.717, 1.165) is 46.8 Å². The predicted molar refractivity (Wildman–Crippen MR) is 140 cm³/mol. The summed E-state index contributed by atoms with van der Waals surface area (Å²) in [5.74, 6) is -1.64. The largest absolute Gasteiger partial charge is 0.393 e. The fraction of sp³-hybridized carbons (Fsp3) is 0.517. The predicted octanol–water partition coefficient (Wildman–Crippen LogP) is 5.06. The van der Waals surface area contributed by atoms with Crippen LogP contribution in [-0.4, -0.2) is 76.2 Å². The third kappa shape index (κ3) is 7.16. The summed E-state index contributed by atoms with van der Waals surface area (Å²) >= 11 is 0. The molecule has 5 nitrogen and oxygen atoms in total. The minimum atomic E-state index is -1.61. The molecule has 0 spiro atoms. The molecule has 5 rings (SSSR count). The number of nitrogens with zero attached hydrogens (tertiary/aromatic N) is 2. The number of aromatic amines is 1. The molecule has 1 aromatic heterocycles. The van der Waals surface area contributed by atoms with Crippen LogP contribution in [0, 0.1) is 23.4 Å². The third-order valence-corrected chi connectivity index (χ3v) is 7.57. The smallest absolute Gasteiger partial charge is 0.143 e. The van der Waals surface area contributed by atoms with Crippen LogP contribution in [0.15, 0.2) is 36.4 Å². The van der Waals surface area contributed by atoms with Gasteiger partial charge in [0.2, 0.25) is 0 Å². The van der Waals surface area contributed by atoms with Crippen LogP contribution >= 0.6 is 0 Å². The van der Waals surface area contributed by atoms with Gasteiger partial charge < -0.3 is 20.1 Å². The number of aliphatic hydroxyl groups excluding tert-OH is 2. The first-order valence-electron chi connectivity index (χ1n) is 13.2. The van der Waals surface area contributed by atoms with Crippen LogP contribution in [0.4, 0.5) is 22.0 Å². The average Bonchev–Trinajstić information content (AvgIpc) is 3.19. The number of hydrogen-bond acceptors (Lipinski definition) is 4. The Bertz CT molecular complexity index is 1240. The first-order valence-corrected chi connectivity index (χ1v) is 13.2. The van der Waals surface area contributed by atoms with Crippen molar-refractivity contribution in [2.75, 3.05) is 39.5 Å². The molecule has 0 amide bonds. The van der Waals surface area contributed by atoms with Crippen LogP contribution in [0.25, 0.3) is 10.9 Å². The fourth-order valence-electron chi connectivity index (χ4n) is 5.41. The second kappa shape index (κ2) is 12.3. The van der Waals surface area contributed by atoms with E-state index in [2.05, 4.69) is 4.98 Å². The molecule has 3 atom stereocenters. The Kier molecular flexibility index (Phi) is 9.31. The molecule has 2 aliphatic rings. The monoisotopic (exact) mass is 553 g/mol. The van der Waals surface area contributed by atoms with E-state index in [1.807, 2.05) is 16.7 Å². The molecule has 214 valence electrons. The number of likely N-dealkylation sites (tertiary alicyclic amines) is 1. The number of fused-ring (bicyclic) bond motifs is 3. The molecular formula is C29H36F5N3O2. The van der Waals surface area contributed by atoms with Gasteiger partial charge in [-0.3, -0.25) is 9.29 Å². The molecule has 3 N–H and O–H groups in total. The standard InChI is InChI=1S/C16H20F2N2O.C13H16F3NO/c1-10-5-12-13-6-11(17)3-4-14(13)19-15(12)7-20(10)8-16(2,18)9-21;14-2-1-3-17-7-10(8-17)13(18)9-4-11(15)6-12(16)5-9/h3-4,6,10,19,21H,5,7-9H2,1-2H3;4-6,10,13,18H,1-3,7-8H2/t10-,16?;/m1./s1. The van der Waals surface area contributed by atoms with Gasteiger partial charge in [-0.05, 0) is 68.1 Å². The second-order valence-corrected chi connectivity index (χ2v) is 11.0. The number of rotatable bonds is 8. The Morgan fingerprint density at radius 3 is 2.41 bits per heavy atom. The molecule has 2 unspecified atom stereocenters. The van der Waals surface area contributed by atoms with Crippen molar-refractivity contribution in [3.63, 3.8) is 0 Å². The highest BCUT2D eigenvalue weighted by molar-refractivity contribution is 5.85. The minimum Gasteiger partial charge on any atom is -0.393 e. The number of aromatic nitrogens is 1. The van der Waals surface area contributed by atoms with E-state index in [9.17, 15) is 27.1 Å². The van der Waals surface area contributed by atoms with E-state index in [1.54, 1.807) is 12.1 Å². The zero-order valence-corrected chi connectivity index (χ0v) is 22.2. The summed E-state index contributed by atoms with van der Waals surface area (Å²) in [6, 6.07) is 7.97. The highest BCUT2D eigenvalue weighted by atomic mass is 19.2. The molecule has 3 heterocycles. The van der Waals surface area contributed by atoms with Crippen LogP contribution in [-0.2, 0) is 13.0 Å². The van der Waals surface area contributed by atoms with Crippen molar-refractivity contribution in [2.45, 2.75) is 51.0 Å². The molecule has 10 heteroatoms. The van der Waals surface area contributed by atoms with Crippen LogP contribution in [0.1, 0.15) is 43.2 Å². The first-order chi connectivity index (χ1) is 18.5. The number of halogens is 5. The highest BCUT2D eigenvalue weighted by Crippen LogP contribution is 2.32. The molecule has 39 heavy (non-hydrogen) atoms. The lowest BCUT2D eigenvalue weighted by Crippen LogP contribution is -2.49. The minimum absolute atomic E-state index is 0.0363. The van der Waals surface area contributed by atoms with E-state index in [0.29, 0.717) is 32.6 Å². The number of aliphatic hydroxyl groups is 2. The van der Waals surface area contributed by atoms with Gasteiger partial charge in [0.15, 0.2) is 0 Å². The van der Waals surface area contributed by atoms with Gasteiger partial charge in [0.25, 0.3) is 0 Å². The van der Waals surface area contributed by atoms with Gasteiger partial charge in [-0.15, -0.1) is 0 Å². The van der Waals surface area contributed by atoms with Gasteiger partial charge in [0, 0.05) is 67.3 Å². The lowest BCUT2D eigenvalue weighted by atomic mass is 9.89. The maximum Gasteiger partial charge on any atom is 0.143 e. The Balaban J connectivity index is 0.000000183. The van der Waals surface area contributed by atoms with Gasteiger partial charge >= 0.3 is 0 Å². The molecule has 0 aliphatic carbocycles. The normalized spacial score (nSPS) is 20.6. The van der Waals surface area contributed by atoms with E-state index in [-0.39, 0.29) is 36.6 Å². The molecule has 2 aliphatic heterocycles. The van der Waals surface area contributed by atoms with Crippen LogP contribution in [0.3, 0.4) is 0 Å². The van der Waals surface area contributed by atoms with Crippen LogP contribution in [0.2, 0.25) is 0 Å². The zero-order chi connectivity index (χ0) is 28.3. The lowest BCUT2D eigenvalue weighted by molar-refractivity contribution is -0.00635. The summed E-state index contributed by atoms with van der Waals surface area (Å²) < 4.78 is 65.5. The summed E-state index contributed by atoms with van der Waals surface area (Å²) in [6.07, 6.45) is 0.370. The average molecular weight is 554 g/mol. The first kappa shape index (κ1) is 29.5. The summed E-state index contributed by atoms with van der Waals surface area (Å²) in [5.41, 5.74) is 1.72. The third-order valence-electron chi connectivity index (χ3n) is 7.57. The van der Waals surface area contributed by atoms with Crippen LogP contribution in [0.5, 0.6) is 0 Å². The summed E-state index contributed by atoms with van der Waals surface area (Å²) in [4.78, 5) is 7.34. The number of hydrogen-bond donors (Lipinski definition) is 3. The van der Waals surface area contributed by atoms with Gasteiger partial charge in [-0.2, -0.15) is 0 Å². The highest BCUT2D eigenvalue weighted by Gasteiger charge is 2.34. The molecule has 0 bridgehead atoms. The number of nitrogens with one attached hydrogen (secondary N) is 1. The molecule has 3 aromatic rings. The Hall–Kier alpha value is -2.53. The quantitative estimate of drug-likeness (QED) is 0.341. The summed E-state index contributed by atoms with van der Waals surface area (Å²) in [5, 5.41) is 20.0. The van der Waals surface area contributed by atoms with Crippen molar-refractivity contribution in [1.29, 1.82) is 0 Å². The van der Waals surface area contributed by atoms with Crippen molar-refractivity contribution >= 4 is 10.9 Å². The van der Waals surface area contributed by atoms with Gasteiger partial charge in [-0.25, -0.2) is 17.6 Å². The number of benzene rings is 2. The van der Waals surface area contributed by atoms with E-state index >= 15 is 0 Å². The van der Waals surface area contributed by atoms with Gasteiger partial charge in [0.1, 0.15) is 23.1 Å². The maximum absolute atomic E-state index is 14.1. The summed E-state index contributed by atoms with van der Waals surface area (Å²) in [7, 11) is 0. The maximum atomic E-state index is 14.1. The lowest BCUT2D eigenvalue weighted by Gasteiger charge is -2.41. The van der Waals surface area contributed by atoms with Crippen molar-refractivity contribution in [1.82, 2.24) is 14.8 Å². The number of H-pyrrole nitrogens is 1. The molecule has 1 fully saturated rings. The van der Waals surface area contributed by atoms with Crippen molar-refractivity contribution < 1.29 is 32.2 Å². The van der Waals surface area contributed by atoms with Crippen molar-refractivity contribution in [3.05, 3.63) is 70.7 Å². The van der Waals surface area contributed by atoms with Gasteiger partial charge in [-0.1, -0.05) is 0 Å². The van der Waals surface area contributed by atoms with Crippen LogP contribution < -0.4 is 0 Å². The Morgan fingerprint density at radius 1 is 1.08 bits per heavy atom. The van der Waals surface area contributed by atoms with Crippen molar-refractivity contribution in [2.24, 2.45) is 5.92 Å². The van der Waals surface area contributed by atoms with E-state index in [1.165, 1.54) is 13.0 Å². The Labute approximate surface area is 225 Å². The van der Waals surface area contributed by atoms with E-state index in [4.69, 9.17) is 5.11 Å². The van der Waals surface area contributed by atoms with Gasteiger partial charge in [0.05, 0.1) is 19.4 Å². The summed E-state index contributed by atoms with van der Waals surface area (Å²) in [6.45, 7) is 5.33. The topological polar surface area (TPSA) is 62.7 Å². The molecule has 2 aromatic carbocycles.